The molecular formula is C24H28ClN3O2. The highest BCUT2D eigenvalue weighted by Gasteiger charge is 2.53. The smallest absolute Gasteiger partial charge is 0.276 e. The molecule has 0 aliphatic heterocycles. The highest BCUT2D eigenvalue weighted by Crippen LogP contribution is 2.61. The molecule has 4 fully saturated rings. The van der Waals surface area contributed by atoms with E-state index in [4.69, 9.17) is 11.6 Å². The summed E-state index contributed by atoms with van der Waals surface area (Å²) in [4.78, 5) is 25.7. The van der Waals surface area contributed by atoms with Crippen molar-refractivity contribution >= 4 is 17.5 Å². The minimum atomic E-state index is -0.385. The lowest BCUT2D eigenvalue weighted by atomic mass is 9.48. The van der Waals surface area contributed by atoms with Crippen LogP contribution in [0.2, 0.25) is 5.02 Å². The van der Waals surface area contributed by atoms with Crippen molar-refractivity contribution < 1.29 is 4.79 Å². The molecule has 1 unspecified atom stereocenters. The summed E-state index contributed by atoms with van der Waals surface area (Å²) in [5.74, 6) is 2.05. The number of aryl methyl sites for hydroxylation is 1. The molecule has 4 bridgehead atoms. The number of para-hydroxylation sites is 1. The number of hydrogen-bond donors (Lipinski definition) is 1. The maximum Gasteiger partial charge on any atom is 0.276 e. The first-order valence-electron chi connectivity index (χ1n) is 11.0. The summed E-state index contributed by atoms with van der Waals surface area (Å²) < 4.78 is 1.58. The van der Waals surface area contributed by atoms with Crippen molar-refractivity contribution in [3.8, 4) is 5.69 Å². The van der Waals surface area contributed by atoms with Crippen molar-refractivity contribution in [2.45, 2.75) is 58.4 Å². The number of rotatable bonds is 4. The molecule has 158 valence electrons. The Labute approximate surface area is 181 Å². The van der Waals surface area contributed by atoms with E-state index in [1.54, 1.807) is 17.7 Å². The van der Waals surface area contributed by atoms with Gasteiger partial charge in [0.25, 0.3) is 5.91 Å². The molecule has 6 heteroatoms. The summed E-state index contributed by atoms with van der Waals surface area (Å²) in [5, 5.41) is 8.09. The molecule has 0 saturated heterocycles. The molecule has 1 amide bonds. The summed E-state index contributed by atoms with van der Waals surface area (Å²) >= 11 is 6.32. The summed E-state index contributed by atoms with van der Waals surface area (Å²) in [6.07, 6.45) is 7.69. The van der Waals surface area contributed by atoms with Crippen LogP contribution in [0.5, 0.6) is 0 Å². The number of nitrogens with one attached hydrogen (secondary N) is 1. The second-order valence-corrected chi connectivity index (χ2v) is 10.2. The largest absolute Gasteiger partial charge is 0.348 e. The second kappa shape index (κ2) is 7.23. The Bertz CT molecular complexity index is 1030. The highest BCUT2D eigenvalue weighted by atomic mass is 35.5. The van der Waals surface area contributed by atoms with Crippen molar-refractivity contribution in [1.82, 2.24) is 15.1 Å². The predicted molar refractivity (Wildman–Crippen MR) is 117 cm³/mol. The zero-order chi connectivity index (χ0) is 21.0. The third-order valence-corrected chi connectivity index (χ3v) is 8.07. The summed E-state index contributed by atoms with van der Waals surface area (Å²) in [6.45, 7) is 3.91. The van der Waals surface area contributed by atoms with Crippen LogP contribution >= 0.6 is 11.6 Å². The van der Waals surface area contributed by atoms with E-state index in [0.717, 1.165) is 17.8 Å². The Morgan fingerprint density at radius 3 is 2.37 bits per heavy atom. The van der Waals surface area contributed by atoms with Gasteiger partial charge in [0.1, 0.15) is 0 Å². The molecule has 0 radical (unpaired) electrons. The van der Waals surface area contributed by atoms with Gasteiger partial charge in [0, 0.05) is 17.8 Å². The Hall–Kier alpha value is -2.14. The Morgan fingerprint density at radius 1 is 1.17 bits per heavy atom. The standard InChI is InChI=1S/C24H28ClN3O2/c1-14-7-21(29)22(27-28(14)20-6-4-3-5-19(20)25)23(30)26-15(2)24-11-16-8-17(12-24)10-18(9-16)13-24/h3-7,15-18H,8-13H2,1-2H3,(H,26,30). The van der Waals surface area contributed by atoms with Gasteiger partial charge in [-0.15, -0.1) is 0 Å². The first-order chi connectivity index (χ1) is 14.3. The zero-order valence-corrected chi connectivity index (χ0v) is 18.3. The van der Waals surface area contributed by atoms with Gasteiger partial charge >= 0.3 is 0 Å². The number of aromatic nitrogens is 2. The van der Waals surface area contributed by atoms with Crippen molar-refractivity contribution in [2.24, 2.45) is 23.2 Å². The van der Waals surface area contributed by atoms with Crippen LogP contribution in [0.3, 0.4) is 0 Å². The Balaban J connectivity index is 1.42. The first-order valence-corrected chi connectivity index (χ1v) is 11.4. The summed E-state index contributed by atoms with van der Waals surface area (Å²) in [6, 6.07) is 8.78. The van der Waals surface area contributed by atoms with Gasteiger partial charge in [0.05, 0.1) is 10.7 Å². The van der Waals surface area contributed by atoms with Gasteiger partial charge in [-0.25, -0.2) is 4.68 Å². The Morgan fingerprint density at radius 2 is 1.77 bits per heavy atom. The fourth-order valence-electron chi connectivity index (χ4n) is 6.70. The van der Waals surface area contributed by atoms with Gasteiger partial charge in [0.15, 0.2) is 5.69 Å². The molecule has 4 aliphatic rings. The van der Waals surface area contributed by atoms with Crippen molar-refractivity contribution in [2.75, 3.05) is 0 Å². The van der Waals surface area contributed by atoms with Gasteiger partial charge in [-0.3, -0.25) is 9.59 Å². The van der Waals surface area contributed by atoms with Gasteiger partial charge < -0.3 is 5.32 Å². The third-order valence-electron chi connectivity index (χ3n) is 7.75. The number of amides is 1. The lowest BCUT2D eigenvalue weighted by Crippen LogP contribution is -2.56. The van der Waals surface area contributed by atoms with Crippen molar-refractivity contribution in [1.29, 1.82) is 0 Å². The average molecular weight is 426 g/mol. The van der Waals surface area contributed by atoms with Crippen LogP contribution in [0.15, 0.2) is 35.1 Å². The summed E-state index contributed by atoms with van der Waals surface area (Å²) in [5.41, 5.74) is 1.04. The molecule has 1 aromatic heterocycles. The third kappa shape index (κ3) is 3.27. The SMILES string of the molecule is Cc1cc(=O)c(C(=O)NC(C)C23CC4CC(CC(C4)C2)C3)nn1-c1ccccc1Cl. The van der Waals surface area contributed by atoms with E-state index >= 15 is 0 Å². The molecule has 30 heavy (non-hydrogen) atoms. The van der Waals surface area contributed by atoms with Gasteiger partial charge in [-0.05, 0) is 87.7 Å². The van der Waals surface area contributed by atoms with Crippen LogP contribution in [0.4, 0.5) is 0 Å². The molecule has 1 N–H and O–H groups in total. The van der Waals surface area contributed by atoms with Gasteiger partial charge in [0.2, 0.25) is 5.43 Å². The second-order valence-electron chi connectivity index (χ2n) is 9.84. The number of carbonyl (C=O) groups is 1. The van der Waals surface area contributed by atoms with Crippen LogP contribution in [0.25, 0.3) is 5.69 Å². The lowest BCUT2D eigenvalue weighted by Gasteiger charge is -2.59. The molecule has 2 aromatic rings. The number of carbonyl (C=O) groups excluding carboxylic acids is 1. The van der Waals surface area contributed by atoms with Gasteiger partial charge in [-0.2, -0.15) is 5.10 Å². The monoisotopic (exact) mass is 425 g/mol. The molecule has 1 aromatic carbocycles. The molecule has 5 nitrogen and oxygen atoms in total. The maximum atomic E-state index is 13.1. The Kier molecular flexibility index (Phi) is 4.77. The van der Waals surface area contributed by atoms with Crippen LogP contribution in [-0.4, -0.2) is 21.7 Å². The fraction of sp³-hybridized carbons (Fsp3) is 0.542. The van der Waals surface area contributed by atoms with Crippen molar-refractivity contribution in [3.63, 3.8) is 0 Å². The zero-order valence-electron chi connectivity index (χ0n) is 17.5. The van der Waals surface area contributed by atoms with Crippen LogP contribution < -0.4 is 10.7 Å². The number of nitrogens with zero attached hydrogens (tertiary/aromatic N) is 2. The van der Waals surface area contributed by atoms with Crippen LogP contribution in [0, 0.1) is 30.1 Å². The topological polar surface area (TPSA) is 64.0 Å². The highest BCUT2D eigenvalue weighted by molar-refractivity contribution is 6.32. The van der Waals surface area contributed by atoms with Gasteiger partial charge in [-0.1, -0.05) is 23.7 Å². The van der Waals surface area contributed by atoms with Crippen molar-refractivity contribution in [3.05, 3.63) is 57.0 Å². The van der Waals surface area contributed by atoms with E-state index in [2.05, 4.69) is 17.3 Å². The molecule has 1 heterocycles. The van der Waals surface area contributed by atoms with Crippen LogP contribution in [0.1, 0.15) is 61.6 Å². The average Bonchev–Trinajstić information content (AvgIpc) is 2.67. The molecule has 0 spiro atoms. The van der Waals surface area contributed by atoms with E-state index in [1.165, 1.54) is 44.6 Å². The quantitative estimate of drug-likeness (QED) is 0.782. The summed E-state index contributed by atoms with van der Waals surface area (Å²) in [7, 11) is 0. The minimum Gasteiger partial charge on any atom is -0.348 e. The number of hydrogen-bond acceptors (Lipinski definition) is 3. The number of benzene rings is 1. The molecule has 4 saturated carbocycles. The van der Waals surface area contributed by atoms with E-state index in [1.807, 2.05) is 18.2 Å². The molecular weight excluding hydrogens is 398 g/mol. The molecule has 4 aliphatic carbocycles. The van der Waals surface area contributed by atoms with E-state index in [9.17, 15) is 9.59 Å². The van der Waals surface area contributed by atoms with E-state index in [0.29, 0.717) is 16.4 Å². The minimum absolute atomic E-state index is 0.0367. The lowest BCUT2D eigenvalue weighted by molar-refractivity contribution is -0.0688. The first kappa shape index (κ1) is 19.8. The van der Waals surface area contributed by atoms with E-state index < -0.39 is 0 Å². The normalized spacial score (nSPS) is 30.3. The van der Waals surface area contributed by atoms with Crippen LogP contribution in [-0.2, 0) is 0 Å². The molecule has 1 atom stereocenters. The maximum absolute atomic E-state index is 13.1. The fourth-order valence-corrected chi connectivity index (χ4v) is 6.91. The molecule has 6 rings (SSSR count). The number of halogens is 1. The van der Waals surface area contributed by atoms with E-state index in [-0.39, 0.29) is 28.5 Å². The predicted octanol–water partition coefficient (Wildman–Crippen LogP) is 4.53.